The van der Waals surface area contributed by atoms with Crippen LogP contribution in [0.3, 0.4) is 0 Å². The molecule has 2 radical (unpaired) electrons. The van der Waals surface area contributed by atoms with Crippen LogP contribution < -0.4 is 0 Å². The minimum Gasteiger partial charge on any atom is -0.508 e. The van der Waals surface area contributed by atoms with Gasteiger partial charge in [0.2, 0.25) is 0 Å². The minimum absolute atomic E-state index is 0. The third-order valence-corrected chi connectivity index (χ3v) is 0.756. The Balaban J connectivity index is 0. The van der Waals surface area contributed by atoms with Gasteiger partial charge in [0, 0.05) is 17.1 Å². The van der Waals surface area contributed by atoms with Crippen LogP contribution in [0.25, 0.3) is 0 Å². The summed E-state index contributed by atoms with van der Waals surface area (Å²) in [4.78, 5) is 0. The van der Waals surface area contributed by atoms with Gasteiger partial charge in [-0.05, 0) is 12.1 Å². The Morgan fingerprint density at radius 1 is 1.00 bits per heavy atom. The van der Waals surface area contributed by atoms with Gasteiger partial charge in [-0.25, -0.2) is 0 Å². The summed E-state index contributed by atoms with van der Waals surface area (Å²) in [5, 5.41) is 8.63. The van der Waals surface area contributed by atoms with Crippen LogP contribution in [0.15, 0.2) is 30.3 Å². The number of phenols is 1. The van der Waals surface area contributed by atoms with Crippen molar-refractivity contribution >= 4 is 30.6 Å². The summed E-state index contributed by atoms with van der Waals surface area (Å²) >= 11 is 0. The fourth-order valence-electron chi connectivity index (χ4n) is 0.428. The molecule has 0 fully saturated rings. The maximum absolute atomic E-state index is 8.63. The molecule has 50 valence electrons. The summed E-state index contributed by atoms with van der Waals surface area (Å²) in [6, 6.07) is 8.71. The topological polar surface area (TPSA) is 20.2 Å². The van der Waals surface area contributed by atoms with Gasteiger partial charge in [-0.1, -0.05) is 18.2 Å². The van der Waals surface area contributed by atoms with Gasteiger partial charge in [-0.3, -0.25) is 0 Å². The Bertz CT molecular complexity index is 143. The molecule has 0 saturated heterocycles. The van der Waals surface area contributed by atoms with E-state index in [2.05, 4.69) is 0 Å². The summed E-state index contributed by atoms with van der Waals surface area (Å²) < 4.78 is 0. The van der Waals surface area contributed by atoms with Crippen molar-refractivity contribution in [1.82, 2.24) is 0 Å². The predicted molar refractivity (Wildman–Crippen MR) is 44.2 cm³/mol. The van der Waals surface area contributed by atoms with Gasteiger partial charge in [0.1, 0.15) is 5.75 Å². The van der Waals surface area contributed by atoms with Crippen LogP contribution in [-0.2, 0) is 0 Å². The molecule has 0 spiro atoms. The molecule has 3 heteroatoms. The molecule has 0 aliphatic rings. The van der Waals surface area contributed by atoms with E-state index in [1.54, 1.807) is 24.3 Å². The average Bonchev–Trinajstić information content (AvgIpc) is 1.69. The van der Waals surface area contributed by atoms with Gasteiger partial charge >= 0.3 is 0 Å². The number of aromatic hydroxyl groups is 1. The van der Waals surface area contributed by atoms with Crippen LogP contribution in [0.4, 0.5) is 0 Å². The van der Waals surface area contributed by atoms with Gasteiger partial charge in [0.05, 0.1) is 0 Å². The molecular formula is C6H8OSSe. The second kappa shape index (κ2) is 6.02. The van der Waals surface area contributed by atoms with Crippen LogP contribution in [0.1, 0.15) is 0 Å². The van der Waals surface area contributed by atoms with E-state index in [1.807, 2.05) is 6.07 Å². The molecule has 1 aromatic rings. The number of hydrogen-bond donors (Lipinski definition) is 1. The normalized spacial score (nSPS) is 6.67. The number of hydrogen-bond acceptors (Lipinski definition) is 1. The van der Waals surface area contributed by atoms with E-state index >= 15 is 0 Å². The molecule has 0 aromatic heterocycles. The summed E-state index contributed by atoms with van der Waals surface area (Å²) in [5.41, 5.74) is 0. The number of benzene rings is 1. The van der Waals surface area contributed by atoms with Gasteiger partial charge in [-0.2, -0.15) is 13.5 Å². The molecule has 1 aromatic carbocycles. The summed E-state index contributed by atoms with van der Waals surface area (Å²) in [6.07, 6.45) is 0. The van der Waals surface area contributed by atoms with E-state index in [-0.39, 0.29) is 30.6 Å². The minimum atomic E-state index is 0. The van der Waals surface area contributed by atoms with Crippen molar-refractivity contribution in [2.75, 3.05) is 0 Å². The summed E-state index contributed by atoms with van der Waals surface area (Å²) in [7, 11) is 0. The van der Waals surface area contributed by atoms with Crippen molar-refractivity contribution in [2.24, 2.45) is 0 Å². The zero-order chi connectivity index (χ0) is 5.11. The van der Waals surface area contributed by atoms with Crippen LogP contribution in [0, 0.1) is 0 Å². The quantitative estimate of drug-likeness (QED) is 0.632. The molecule has 9 heavy (non-hydrogen) atoms. The van der Waals surface area contributed by atoms with Crippen molar-refractivity contribution < 1.29 is 5.11 Å². The monoisotopic (exact) mass is 208 g/mol. The molecule has 1 N–H and O–H groups in total. The first kappa shape index (κ1) is 11.7. The average molecular weight is 207 g/mol. The number of phenolic OH excluding ortho intramolecular Hbond substituents is 1. The van der Waals surface area contributed by atoms with Gasteiger partial charge in [-0.15, -0.1) is 0 Å². The standard InChI is InChI=1S/C6H6O.H2S.Se/c7-6-4-2-1-3-5-6;;/h1-5,7H;1H2;. The Labute approximate surface area is 72.0 Å². The zero-order valence-corrected chi connectivity index (χ0v) is 7.46. The molecule has 0 saturated carbocycles. The van der Waals surface area contributed by atoms with Gasteiger partial charge < -0.3 is 5.11 Å². The largest absolute Gasteiger partial charge is 0.508 e. The smallest absolute Gasteiger partial charge is 0.115 e. The van der Waals surface area contributed by atoms with E-state index in [4.69, 9.17) is 5.11 Å². The third kappa shape index (κ3) is 4.40. The summed E-state index contributed by atoms with van der Waals surface area (Å²) in [6.45, 7) is 0. The molecule has 0 aliphatic carbocycles. The third-order valence-electron chi connectivity index (χ3n) is 0.756. The van der Waals surface area contributed by atoms with Crippen LogP contribution >= 0.6 is 13.5 Å². The fraction of sp³-hybridized carbons (Fsp3) is 0. The maximum Gasteiger partial charge on any atom is 0.115 e. The Morgan fingerprint density at radius 2 is 1.44 bits per heavy atom. The Morgan fingerprint density at radius 3 is 1.67 bits per heavy atom. The second-order valence-corrected chi connectivity index (χ2v) is 1.34. The van der Waals surface area contributed by atoms with Crippen molar-refractivity contribution in [3.63, 3.8) is 0 Å². The molecule has 0 aliphatic heterocycles. The van der Waals surface area contributed by atoms with E-state index in [0.29, 0.717) is 5.75 Å². The number of rotatable bonds is 0. The van der Waals surface area contributed by atoms with Crippen LogP contribution in [0.2, 0.25) is 0 Å². The number of para-hydroxylation sites is 1. The first-order valence-corrected chi connectivity index (χ1v) is 2.13. The van der Waals surface area contributed by atoms with Gasteiger partial charge in [0.15, 0.2) is 0 Å². The molecule has 0 atom stereocenters. The molecule has 1 nitrogen and oxygen atoms in total. The van der Waals surface area contributed by atoms with Crippen LogP contribution in [-0.4, -0.2) is 22.2 Å². The van der Waals surface area contributed by atoms with E-state index in [9.17, 15) is 0 Å². The van der Waals surface area contributed by atoms with Crippen molar-refractivity contribution in [3.8, 4) is 5.75 Å². The first-order valence-electron chi connectivity index (χ1n) is 2.13. The second-order valence-electron chi connectivity index (χ2n) is 1.34. The van der Waals surface area contributed by atoms with Gasteiger partial charge in [0.25, 0.3) is 0 Å². The summed E-state index contributed by atoms with van der Waals surface area (Å²) in [5.74, 6) is 0.322. The van der Waals surface area contributed by atoms with Crippen molar-refractivity contribution in [2.45, 2.75) is 0 Å². The SMILES string of the molecule is Oc1ccccc1.S.[Se]. The molecule has 0 unspecified atom stereocenters. The molecule has 0 heterocycles. The molecule has 0 amide bonds. The van der Waals surface area contributed by atoms with Crippen LogP contribution in [0.5, 0.6) is 5.75 Å². The van der Waals surface area contributed by atoms with Crippen molar-refractivity contribution in [3.05, 3.63) is 30.3 Å². The van der Waals surface area contributed by atoms with Crippen molar-refractivity contribution in [1.29, 1.82) is 0 Å². The predicted octanol–water partition coefficient (Wildman–Crippen LogP) is 1.12. The molecule has 1 rings (SSSR count). The molecular weight excluding hydrogens is 199 g/mol. The van der Waals surface area contributed by atoms with E-state index in [1.165, 1.54) is 0 Å². The Kier molecular flexibility index (Phi) is 7.79. The van der Waals surface area contributed by atoms with E-state index < -0.39 is 0 Å². The maximum atomic E-state index is 8.63. The first-order chi connectivity index (χ1) is 3.39. The molecule has 0 bridgehead atoms. The fourth-order valence-corrected chi connectivity index (χ4v) is 0.428. The zero-order valence-electron chi connectivity index (χ0n) is 4.74. The Hall–Kier alpha value is -0.111. The van der Waals surface area contributed by atoms with E-state index in [0.717, 1.165) is 0 Å².